The molecule has 2 heterocycles. The number of nitrogens with zero attached hydrogens (tertiary/aromatic N) is 1. The van der Waals surface area contributed by atoms with Crippen LogP contribution < -0.4 is 20.1 Å². The van der Waals surface area contributed by atoms with Gasteiger partial charge in [0.2, 0.25) is 10.0 Å². The number of fused-ring (bicyclic) bond motifs is 1. The Balaban J connectivity index is 1.24. The first-order chi connectivity index (χ1) is 16.5. The molecule has 3 fully saturated rings. The molecule has 1 saturated heterocycles. The second kappa shape index (κ2) is 8.71. The normalized spacial score (nSPS) is 26.9. The van der Waals surface area contributed by atoms with Crippen LogP contribution in [0.2, 0.25) is 0 Å². The van der Waals surface area contributed by atoms with Crippen LogP contribution in [-0.4, -0.2) is 45.8 Å². The van der Waals surface area contributed by atoms with E-state index in [2.05, 4.69) is 21.8 Å². The summed E-state index contributed by atoms with van der Waals surface area (Å²) >= 11 is 0. The molecule has 6 rings (SSSR count). The van der Waals surface area contributed by atoms with Crippen LogP contribution in [-0.2, 0) is 19.5 Å². The van der Waals surface area contributed by atoms with Crippen molar-refractivity contribution in [3.8, 4) is 5.75 Å². The number of benzene rings is 2. The van der Waals surface area contributed by atoms with Crippen molar-refractivity contribution in [2.45, 2.75) is 61.6 Å². The fourth-order valence-corrected chi connectivity index (χ4v) is 6.49. The summed E-state index contributed by atoms with van der Waals surface area (Å²) in [6, 6.07) is 14.1. The number of sulfonamides is 1. The second-order valence-corrected chi connectivity index (χ2v) is 11.7. The van der Waals surface area contributed by atoms with E-state index in [0.29, 0.717) is 31.7 Å². The van der Waals surface area contributed by atoms with Gasteiger partial charge in [-0.1, -0.05) is 12.1 Å². The Bertz CT molecular complexity index is 1140. The maximum Gasteiger partial charge on any atom is 0.235 e. The number of nitrogens with one attached hydrogen (secondary N) is 1. The molecule has 182 valence electrons. The maximum atomic E-state index is 12.3. The van der Waals surface area contributed by atoms with Gasteiger partial charge in [0.1, 0.15) is 25.3 Å². The molecule has 34 heavy (non-hydrogen) atoms. The van der Waals surface area contributed by atoms with Gasteiger partial charge in [0, 0.05) is 17.4 Å². The average Bonchev–Trinajstić information content (AvgIpc) is 3.47. The average molecular weight is 486 g/mol. The van der Waals surface area contributed by atoms with Gasteiger partial charge in [-0.2, -0.15) is 0 Å². The zero-order chi connectivity index (χ0) is 23.3. The first-order valence-electron chi connectivity index (χ1n) is 12.1. The van der Waals surface area contributed by atoms with Crippen molar-refractivity contribution in [1.82, 2.24) is 0 Å². The van der Waals surface area contributed by atoms with Crippen LogP contribution in [0.3, 0.4) is 0 Å². The molecule has 2 aromatic carbocycles. The highest BCUT2D eigenvalue weighted by atomic mass is 32.2. The van der Waals surface area contributed by atoms with E-state index < -0.39 is 10.0 Å². The molecule has 2 aromatic rings. The van der Waals surface area contributed by atoms with E-state index >= 15 is 0 Å². The van der Waals surface area contributed by atoms with Crippen molar-refractivity contribution < 1.29 is 22.6 Å². The van der Waals surface area contributed by atoms with Gasteiger partial charge in [0.05, 0.1) is 23.9 Å². The predicted molar refractivity (Wildman–Crippen MR) is 129 cm³/mol. The highest BCUT2D eigenvalue weighted by Crippen LogP contribution is 2.51. The van der Waals surface area contributed by atoms with E-state index in [4.69, 9.17) is 19.9 Å². The Morgan fingerprint density at radius 3 is 2.53 bits per heavy atom. The third kappa shape index (κ3) is 4.15. The molecular formula is C25H31N3O5S. The van der Waals surface area contributed by atoms with Crippen molar-refractivity contribution in [3.05, 3.63) is 53.6 Å². The summed E-state index contributed by atoms with van der Waals surface area (Å²) in [4.78, 5) is 2.46. The summed E-state index contributed by atoms with van der Waals surface area (Å²) in [5, 5.41) is -0.247. The van der Waals surface area contributed by atoms with Crippen LogP contribution in [0.15, 0.2) is 42.5 Å². The largest absolute Gasteiger partial charge is 0.491 e. The van der Waals surface area contributed by atoms with Crippen molar-refractivity contribution in [2.24, 2.45) is 5.73 Å². The second-order valence-electron chi connectivity index (χ2n) is 9.74. The van der Waals surface area contributed by atoms with E-state index in [1.165, 1.54) is 6.42 Å². The van der Waals surface area contributed by atoms with Crippen LogP contribution in [0.5, 0.6) is 5.75 Å². The van der Waals surface area contributed by atoms with Crippen molar-refractivity contribution in [3.63, 3.8) is 0 Å². The van der Waals surface area contributed by atoms with Gasteiger partial charge in [0.25, 0.3) is 0 Å². The van der Waals surface area contributed by atoms with E-state index in [1.54, 1.807) is 0 Å². The van der Waals surface area contributed by atoms with E-state index in [-0.39, 0.29) is 23.4 Å². The van der Waals surface area contributed by atoms with E-state index in [0.717, 1.165) is 48.2 Å². The minimum atomic E-state index is -3.28. The fraction of sp³-hybridized carbons (Fsp3) is 0.520. The summed E-state index contributed by atoms with van der Waals surface area (Å²) in [7, 11) is -3.28. The number of hydrogen-bond acceptors (Lipinski definition) is 7. The number of ether oxygens (including phenoxy) is 3. The number of anilines is 2. The molecule has 2 saturated carbocycles. The Hall–Kier alpha value is -2.33. The molecule has 0 bridgehead atoms. The highest BCUT2D eigenvalue weighted by Gasteiger charge is 2.43. The summed E-state index contributed by atoms with van der Waals surface area (Å²) in [5.41, 5.74) is 10.8. The van der Waals surface area contributed by atoms with E-state index in [1.807, 2.05) is 30.3 Å². The Morgan fingerprint density at radius 2 is 1.88 bits per heavy atom. The lowest BCUT2D eigenvalue weighted by Crippen LogP contribution is -2.42. The van der Waals surface area contributed by atoms with Gasteiger partial charge < -0.3 is 24.8 Å². The predicted octanol–water partition coefficient (Wildman–Crippen LogP) is 3.46. The number of hydrogen-bond donors (Lipinski definition) is 2. The fourth-order valence-electron chi connectivity index (χ4n) is 5.11. The smallest absolute Gasteiger partial charge is 0.235 e. The lowest BCUT2D eigenvalue weighted by atomic mass is 9.89. The molecule has 3 atom stereocenters. The van der Waals surface area contributed by atoms with Crippen LogP contribution >= 0.6 is 0 Å². The standard InChI is InChI=1S/C25H31N3O5S/c26-24-22-12-19(32-14-20-13-31-15-33-20)8-11-23(22)28(18-2-1-3-18)25(24)16-4-6-17(7-5-16)27-34(29,30)21-9-10-21/h4-8,11-12,18,20-21,24-25,27H,1-3,9-10,13-15,26H2. The summed E-state index contributed by atoms with van der Waals surface area (Å²) in [6.07, 6.45) is 4.97. The summed E-state index contributed by atoms with van der Waals surface area (Å²) in [6.45, 7) is 1.32. The van der Waals surface area contributed by atoms with Gasteiger partial charge in [-0.25, -0.2) is 8.42 Å². The maximum absolute atomic E-state index is 12.3. The van der Waals surface area contributed by atoms with Gasteiger partial charge in [0.15, 0.2) is 0 Å². The summed E-state index contributed by atoms with van der Waals surface area (Å²) in [5.74, 6) is 0.781. The minimum Gasteiger partial charge on any atom is -0.491 e. The summed E-state index contributed by atoms with van der Waals surface area (Å²) < 4.78 is 44.0. The Morgan fingerprint density at radius 1 is 1.09 bits per heavy atom. The molecule has 2 aliphatic heterocycles. The first-order valence-corrected chi connectivity index (χ1v) is 13.7. The lowest BCUT2D eigenvalue weighted by molar-refractivity contribution is 0.0320. The van der Waals surface area contributed by atoms with Gasteiger partial charge in [-0.05, 0) is 73.6 Å². The highest BCUT2D eigenvalue weighted by molar-refractivity contribution is 7.93. The molecule has 0 radical (unpaired) electrons. The quantitative estimate of drug-likeness (QED) is 0.590. The van der Waals surface area contributed by atoms with Crippen LogP contribution in [0.25, 0.3) is 0 Å². The zero-order valence-corrected chi connectivity index (χ0v) is 19.9. The van der Waals surface area contributed by atoms with Crippen molar-refractivity contribution in [1.29, 1.82) is 0 Å². The molecule has 3 N–H and O–H groups in total. The molecular weight excluding hydrogens is 454 g/mol. The lowest BCUT2D eigenvalue weighted by Gasteiger charge is -2.41. The molecule has 3 unspecified atom stereocenters. The molecule has 0 spiro atoms. The minimum absolute atomic E-state index is 0.00351. The van der Waals surface area contributed by atoms with Gasteiger partial charge >= 0.3 is 0 Å². The van der Waals surface area contributed by atoms with E-state index in [9.17, 15) is 8.42 Å². The van der Waals surface area contributed by atoms with Gasteiger partial charge in [-0.3, -0.25) is 4.72 Å². The SMILES string of the molecule is NC1c2cc(OCC3COCO3)ccc2N(C2CCC2)C1c1ccc(NS(=O)(=O)C2CC2)cc1. The van der Waals surface area contributed by atoms with Crippen LogP contribution in [0.1, 0.15) is 55.3 Å². The molecule has 9 heteroatoms. The van der Waals surface area contributed by atoms with Crippen molar-refractivity contribution >= 4 is 21.4 Å². The molecule has 0 amide bonds. The first kappa shape index (κ1) is 22.2. The number of rotatable bonds is 8. The number of nitrogens with two attached hydrogens (primary N) is 1. The zero-order valence-electron chi connectivity index (χ0n) is 19.1. The van der Waals surface area contributed by atoms with Gasteiger partial charge in [-0.15, -0.1) is 0 Å². The Labute approximate surface area is 200 Å². The van der Waals surface area contributed by atoms with Crippen molar-refractivity contribution in [2.75, 3.05) is 29.6 Å². The third-order valence-electron chi connectivity index (χ3n) is 7.35. The Kier molecular flexibility index (Phi) is 5.68. The van der Waals surface area contributed by atoms with Crippen LogP contribution in [0.4, 0.5) is 11.4 Å². The van der Waals surface area contributed by atoms with Crippen LogP contribution in [0, 0.1) is 0 Å². The third-order valence-corrected chi connectivity index (χ3v) is 9.22. The topological polar surface area (TPSA) is 103 Å². The molecule has 0 aromatic heterocycles. The molecule has 4 aliphatic rings. The monoisotopic (exact) mass is 485 g/mol. The molecule has 2 aliphatic carbocycles. The molecule has 8 nitrogen and oxygen atoms in total.